The average molecular weight is 303 g/mol. The van der Waals surface area contributed by atoms with Crippen molar-refractivity contribution in [3.8, 4) is 11.4 Å². The van der Waals surface area contributed by atoms with E-state index in [1.807, 2.05) is 0 Å². The predicted octanol–water partition coefficient (Wildman–Crippen LogP) is 1.18. The van der Waals surface area contributed by atoms with E-state index < -0.39 is 41.5 Å². The van der Waals surface area contributed by atoms with E-state index in [0.717, 1.165) is 18.2 Å². The second-order valence-corrected chi connectivity index (χ2v) is 3.96. The number of halogens is 3. The fraction of sp³-hybridized carbons (Fsp3) is 0.182. The highest BCUT2D eigenvalue weighted by atomic mass is 19.4. The average Bonchev–Trinajstić information content (AvgIpc) is 2.82. The highest BCUT2D eigenvalue weighted by molar-refractivity contribution is 5.91. The molecular weight excluding hydrogens is 295 g/mol. The molecule has 0 saturated carbocycles. The molecule has 1 heterocycles. The van der Waals surface area contributed by atoms with Crippen LogP contribution in [-0.2, 0) is 12.8 Å². The van der Waals surface area contributed by atoms with Gasteiger partial charge >= 0.3 is 12.1 Å². The van der Waals surface area contributed by atoms with Gasteiger partial charge in [0.15, 0.2) is 5.69 Å². The van der Waals surface area contributed by atoms with Crippen LogP contribution < -0.4 is 0 Å². The van der Waals surface area contributed by atoms with Crippen molar-refractivity contribution in [3.63, 3.8) is 0 Å². The van der Waals surface area contributed by atoms with Gasteiger partial charge in [-0.15, -0.1) is 5.10 Å². The van der Waals surface area contributed by atoms with Crippen molar-refractivity contribution in [1.82, 2.24) is 15.0 Å². The summed E-state index contributed by atoms with van der Waals surface area (Å²) in [6, 6.07) is 2.80. The largest absolute Gasteiger partial charge is 0.507 e. The minimum absolute atomic E-state index is 0.260. The molecule has 0 aliphatic carbocycles. The van der Waals surface area contributed by atoms with Crippen molar-refractivity contribution >= 4 is 5.97 Å². The van der Waals surface area contributed by atoms with Crippen LogP contribution >= 0.6 is 0 Å². The third-order valence-electron chi connectivity index (χ3n) is 2.61. The van der Waals surface area contributed by atoms with E-state index >= 15 is 0 Å². The summed E-state index contributed by atoms with van der Waals surface area (Å²) in [5.41, 5.74) is -2.84. The van der Waals surface area contributed by atoms with E-state index in [0.29, 0.717) is 4.68 Å². The molecule has 1 aromatic heterocycles. The van der Waals surface area contributed by atoms with Crippen LogP contribution in [0.15, 0.2) is 18.2 Å². The second-order valence-electron chi connectivity index (χ2n) is 3.96. The van der Waals surface area contributed by atoms with Crippen LogP contribution in [0.3, 0.4) is 0 Å². The molecule has 0 unspecified atom stereocenters. The summed E-state index contributed by atoms with van der Waals surface area (Å²) < 4.78 is 39.3. The van der Waals surface area contributed by atoms with Gasteiger partial charge in [-0.2, -0.15) is 13.2 Å². The Balaban J connectivity index is 2.66. The smallest absolute Gasteiger partial charge is 0.435 e. The maximum atomic E-state index is 13.0. The Kier molecular flexibility index (Phi) is 3.56. The number of carboxylic acids is 1. The quantitative estimate of drug-likeness (QED) is 0.785. The summed E-state index contributed by atoms with van der Waals surface area (Å²) in [7, 11) is 0. The van der Waals surface area contributed by atoms with Gasteiger partial charge in [0.05, 0.1) is 12.3 Å². The Hall–Kier alpha value is -2.62. The SMILES string of the molecule is O=C(O)c1cc(-n2nnc(CO)c2C(F)(F)F)ccc1O. The number of carboxylic acid groups (broad SMARTS) is 1. The van der Waals surface area contributed by atoms with Crippen molar-refractivity contribution in [2.45, 2.75) is 12.8 Å². The lowest BCUT2D eigenvalue weighted by Gasteiger charge is -2.11. The van der Waals surface area contributed by atoms with Crippen LogP contribution in [0.5, 0.6) is 5.75 Å². The number of aliphatic hydroxyl groups is 1. The Morgan fingerprint density at radius 3 is 2.52 bits per heavy atom. The number of aromatic carboxylic acids is 1. The van der Waals surface area contributed by atoms with Gasteiger partial charge in [0.1, 0.15) is 17.0 Å². The first-order valence-corrected chi connectivity index (χ1v) is 5.45. The third kappa shape index (κ3) is 2.65. The van der Waals surface area contributed by atoms with E-state index in [1.165, 1.54) is 0 Å². The molecule has 7 nitrogen and oxygen atoms in total. The molecular formula is C11H8F3N3O4. The molecule has 0 aliphatic heterocycles. The van der Waals surface area contributed by atoms with Crippen LogP contribution in [0.4, 0.5) is 13.2 Å². The summed E-state index contributed by atoms with van der Waals surface area (Å²) in [5.74, 6) is -2.10. The monoisotopic (exact) mass is 303 g/mol. The minimum Gasteiger partial charge on any atom is -0.507 e. The van der Waals surface area contributed by atoms with E-state index in [9.17, 15) is 23.1 Å². The Labute approximate surface area is 114 Å². The zero-order valence-corrected chi connectivity index (χ0v) is 10.2. The van der Waals surface area contributed by atoms with Crippen LogP contribution in [0.1, 0.15) is 21.7 Å². The number of benzene rings is 1. The number of nitrogens with zero attached hydrogens (tertiary/aromatic N) is 3. The van der Waals surface area contributed by atoms with Crippen molar-refractivity contribution in [2.75, 3.05) is 0 Å². The van der Waals surface area contributed by atoms with Gasteiger partial charge in [0.2, 0.25) is 0 Å². The molecule has 0 bridgehead atoms. The fourth-order valence-corrected chi connectivity index (χ4v) is 1.71. The van der Waals surface area contributed by atoms with Gasteiger partial charge in [-0.1, -0.05) is 5.21 Å². The van der Waals surface area contributed by atoms with E-state index in [2.05, 4.69) is 10.3 Å². The number of phenols is 1. The molecule has 0 amide bonds. The predicted molar refractivity (Wildman–Crippen MR) is 60.9 cm³/mol. The minimum atomic E-state index is -4.84. The topological polar surface area (TPSA) is 108 Å². The zero-order valence-electron chi connectivity index (χ0n) is 10.2. The summed E-state index contributed by atoms with van der Waals surface area (Å²) >= 11 is 0. The van der Waals surface area contributed by atoms with E-state index in [1.54, 1.807) is 0 Å². The van der Waals surface area contributed by atoms with Gasteiger partial charge in [0, 0.05) is 0 Å². The van der Waals surface area contributed by atoms with Gasteiger partial charge in [-0.25, -0.2) is 9.48 Å². The molecule has 112 valence electrons. The second kappa shape index (κ2) is 5.05. The standard InChI is InChI=1S/C11H8F3N3O4/c12-11(13,14)9-7(4-18)15-16-17(9)5-1-2-8(19)6(3-5)10(20)21/h1-3,18-19H,4H2,(H,20,21). The number of aliphatic hydroxyl groups excluding tert-OH is 1. The lowest BCUT2D eigenvalue weighted by Crippen LogP contribution is -2.16. The summed E-state index contributed by atoms with van der Waals surface area (Å²) in [6.45, 7) is -0.973. The van der Waals surface area contributed by atoms with Crippen molar-refractivity contribution < 1.29 is 33.3 Å². The normalized spacial score (nSPS) is 11.6. The maximum Gasteiger partial charge on any atom is 0.435 e. The molecule has 0 aliphatic rings. The van der Waals surface area contributed by atoms with Crippen molar-refractivity contribution in [3.05, 3.63) is 35.2 Å². The first-order valence-electron chi connectivity index (χ1n) is 5.45. The molecule has 1 aromatic carbocycles. The summed E-state index contributed by atoms with van der Waals surface area (Å²) in [6.07, 6.45) is -4.84. The number of aromatic nitrogens is 3. The van der Waals surface area contributed by atoms with Gasteiger partial charge in [0.25, 0.3) is 0 Å². The first-order chi connectivity index (χ1) is 9.75. The van der Waals surface area contributed by atoms with Crippen molar-refractivity contribution in [1.29, 1.82) is 0 Å². The highest BCUT2D eigenvalue weighted by Crippen LogP contribution is 2.33. The molecule has 0 saturated heterocycles. The summed E-state index contributed by atoms with van der Waals surface area (Å²) in [4.78, 5) is 10.9. The van der Waals surface area contributed by atoms with Crippen LogP contribution in [0, 0.1) is 0 Å². The van der Waals surface area contributed by atoms with Gasteiger partial charge in [-0.05, 0) is 18.2 Å². The number of rotatable bonds is 3. The maximum absolute atomic E-state index is 13.0. The molecule has 0 spiro atoms. The van der Waals surface area contributed by atoms with E-state index in [-0.39, 0.29) is 5.69 Å². The first kappa shape index (κ1) is 14.8. The fourth-order valence-electron chi connectivity index (χ4n) is 1.71. The molecule has 0 radical (unpaired) electrons. The molecule has 2 aromatic rings. The molecule has 0 atom stereocenters. The van der Waals surface area contributed by atoms with Crippen LogP contribution in [0.25, 0.3) is 5.69 Å². The summed E-state index contributed by atoms with van der Waals surface area (Å²) in [5, 5.41) is 33.5. The van der Waals surface area contributed by atoms with Gasteiger partial charge in [-0.3, -0.25) is 0 Å². The van der Waals surface area contributed by atoms with Crippen LogP contribution in [0.2, 0.25) is 0 Å². The number of carbonyl (C=O) groups is 1. The number of alkyl halides is 3. The Bertz CT molecular complexity index is 697. The highest BCUT2D eigenvalue weighted by Gasteiger charge is 2.39. The van der Waals surface area contributed by atoms with E-state index in [4.69, 9.17) is 10.2 Å². The molecule has 2 rings (SSSR count). The number of hydrogen-bond donors (Lipinski definition) is 3. The number of aromatic hydroxyl groups is 1. The van der Waals surface area contributed by atoms with Crippen LogP contribution in [-0.4, -0.2) is 36.3 Å². The lowest BCUT2D eigenvalue weighted by atomic mass is 10.1. The lowest BCUT2D eigenvalue weighted by molar-refractivity contribution is -0.143. The molecule has 3 N–H and O–H groups in total. The Morgan fingerprint density at radius 2 is 2.00 bits per heavy atom. The van der Waals surface area contributed by atoms with Crippen molar-refractivity contribution in [2.24, 2.45) is 0 Å². The zero-order chi connectivity index (χ0) is 15.8. The van der Waals surface area contributed by atoms with Gasteiger partial charge < -0.3 is 15.3 Å². The Morgan fingerprint density at radius 1 is 1.33 bits per heavy atom. The number of hydrogen-bond acceptors (Lipinski definition) is 5. The molecule has 10 heteroatoms. The molecule has 0 fully saturated rings. The third-order valence-corrected chi connectivity index (χ3v) is 2.61. The molecule has 21 heavy (non-hydrogen) atoms.